The SMILES string of the molecule is COP(=O)(CCl)CCl. The highest BCUT2D eigenvalue weighted by atomic mass is 35.5. The largest absolute Gasteiger partial charge is 0.330 e. The summed E-state index contributed by atoms with van der Waals surface area (Å²) in [4.78, 5) is 0. The zero-order valence-corrected chi connectivity index (χ0v) is 6.84. The molecule has 0 atom stereocenters. The van der Waals surface area contributed by atoms with E-state index >= 15 is 0 Å². The minimum atomic E-state index is -2.63. The smallest absolute Gasteiger partial charge is 0.231 e. The van der Waals surface area contributed by atoms with Gasteiger partial charge in [-0.2, -0.15) is 0 Å². The van der Waals surface area contributed by atoms with Gasteiger partial charge in [0.15, 0.2) is 0 Å². The van der Waals surface area contributed by atoms with Crippen molar-refractivity contribution in [2.75, 3.05) is 18.4 Å². The van der Waals surface area contributed by atoms with Gasteiger partial charge in [0.1, 0.15) is 11.2 Å². The summed E-state index contributed by atoms with van der Waals surface area (Å²) < 4.78 is 15.4. The van der Waals surface area contributed by atoms with E-state index < -0.39 is 7.37 Å². The van der Waals surface area contributed by atoms with E-state index in [9.17, 15) is 4.57 Å². The molecule has 0 aliphatic heterocycles. The van der Waals surface area contributed by atoms with E-state index in [0.29, 0.717) is 0 Å². The molecule has 0 radical (unpaired) electrons. The van der Waals surface area contributed by atoms with Crippen molar-refractivity contribution in [3.63, 3.8) is 0 Å². The van der Waals surface area contributed by atoms with E-state index in [1.54, 1.807) is 0 Å². The van der Waals surface area contributed by atoms with Crippen molar-refractivity contribution < 1.29 is 9.09 Å². The van der Waals surface area contributed by atoms with Gasteiger partial charge >= 0.3 is 0 Å². The van der Waals surface area contributed by atoms with E-state index in [4.69, 9.17) is 23.2 Å². The van der Waals surface area contributed by atoms with Gasteiger partial charge in [0.2, 0.25) is 7.37 Å². The fourth-order valence-corrected chi connectivity index (χ4v) is 1.74. The Morgan fingerprint density at radius 1 is 1.50 bits per heavy atom. The maximum atomic E-state index is 10.8. The molecule has 0 bridgehead atoms. The summed E-state index contributed by atoms with van der Waals surface area (Å²) in [6, 6.07) is 0. The second-order valence-electron chi connectivity index (χ2n) is 1.24. The third kappa shape index (κ3) is 2.36. The molecule has 50 valence electrons. The van der Waals surface area contributed by atoms with Crippen molar-refractivity contribution >= 4 is 30.6 Å². The molecule has 0 saturated carbocycles. The van der Waals surface area contributed by atoms with Crippen LogP contribution in [0.1, 0.15) is 0 Å². The van der Waals surface area contributed by atoms with Gasteiger partial charge in [-0.25, -0.2) is 0 Å². The maximum absolute atomic E-state index is 10.8. The van der Waals surface area contributed by atoms with Gasteiger partial charge in [0.25, 0.3) is 0 Å². The average Bonchev–Trinajstić information content (AvgIpc) is 1.87. The van der Waals surface area contributed by atoms with Crippen molar-refractivity contribution in [3.8, 4) is 0 Å². The third-order valence-corrected chi connectivity index (χ3v) is 4.28. The lowest BCUT2D eigenvalue weighted by molar-refractivity contribution is 0.401. The lowest BCUT2D eigenvalue weighted by Gasteiger charge is -2.06. The molecule has 0 spiro atoms. The van der Waals surface area contributed by atoms with Crippen LogP contribution in [0.5, 0.6) is 0 Å². The van der Waals surface area contributed by atoms with Crippen LogP contribution in [0.15, 0.2) is 0 Å². The van der Waals surface area contributed by atoms with Crippen molar-refractivity contribution in [1.29, 1.82) is 0 Å². The summed E-state index contributed by atoms with van der Waals surface area (Å²) in [7, 11) is -1.29. The van der Waals surface area contributed by atoms with E-state index in [1.807, 2.05) is 0 Å². The van der Waals surface area contributed by atoms with Crippen LogP contribution < -0.4 is 0 Å². The van der Waals surface area contributed by atoms with Gasteiger partial charge in [-0.3, -0.25) is 4.57 Å². The van der Waals surface area contributed by atoms with Crippen LogP contribution in [-0.4, -0.2) is 18.4 Å². The number of hydrogen-bond acceptors (Lipinski definition) is 2. The Hall–Kier alpha value is 0.770. The molecule has 0 fully saturated rings. The topological polar surface area (TPSA) is 26.3 Å². The molecule has 0 saturated heterocycles. The fourth-order valence-electron chi connectivity index (χ4n) is 0.130. The minimum absolute atomic E-state index is 0.00694. The molecule has 5 heteroatoms. The zero-order chi connectivity index (χ0) is 6.62. The lowest BCUT2D eigenvalue weighted by atomic mass is 11.8. The van der Waals surface area contributed by atoms with Crippen LogP contribution in [0.25, 0.3) is 0 Å². The molecule has 0 aliphatic rings. The van der Waals surface area contributed by atoms with E-state index in [2.05, 4.69) is 4.52 Å². The second kappa shape index (κ2) is 3.73. The predicted octanol–water partition coefficient (Wildman–Crippen LogP) is 2.30. The molecule has 0 amide bonds. The Kier molecular flexibility index (Phi) is 4.09. The Labute approximate surface area is 58.6 Å². The molecule has 8 heavy (non-hydrogen) atoms. The van der Waals surface area contributed by atoms with E-state index in [0.717, 1.165) is 0 Å². The van der Waals surface area contributed by atoms with Gasteiger partial charge in [-0.05, 0) is 0 Å². The highest BCUT2D eigenvalue weighted by Crippen LogP contribution is 2.47. The monoisotopic (exact) mass is 176 g/mol. The maximum Gasteiger partial charge on any atom is 0.231 e. The van der Waals surface area contributed by atoms with Crippen LogP contribution >= 0.6 is 30.6 Å². The van der Waals surface area contributed by atoms with Gasteiger partial charge in [0.05, 0.1) is 0 Å². The quantitative estimate of drug-likeness (QED) is 0.488. The number of halogens is 2. The minimum Gasteiger partial charge on any atom is -0.330 e. The first-order valence-electron chi connectivity index (χ1n) is 1.94. The number of rotatable bonds is 3. The van der Waals surface area contributed by atoms with Crippen LogP contribution in [0, 0.1) is 0 Å². The van der Waals surface area contributed by atoms with Gasteiger partial charge in [-0.15, -0.1) is 23.2 Å². The Bertz CT molecular complexity index is 86.4. The van der Waals surface area contributed by atoms with Crippen molar-refractivity contribution in [3.05, 3.63) is 0 Å². The summed E-state index contributed by atoms with van der Waals surface area (Å²) >= 11 is 10.5. The summed E-state index contributed by atoms with van der Waals surface area (Å²) in [6.45, 7) is 0. The Morgan fingerprint density at radius 2 is 1.88 bits per heavy atom. The predicted molar refractivity (Wildman–Crippen MR) is 36.1 cm³/mol. The number of hydrogen-bond donors (Lipinski definition) is 0. The van der Waals surface area contributed by atoms with Crippen LogP contribution in [0.4, 0.5) is 0 Å². The molecule has 0 aromatic heterocycles. The summed E-state index contributed by atoms with van der Waals surface area (Å²) in [5.74, 6) is 0. The lowest BCUT2D eigenvalue weighted by Crippen LogP contribution is -1.86. The third-order valence-electron chi connectivity index (χ3n) is 0.697. The zero-order valence-electron chi connectivity index (χ0n) is 4.43. The van der Waals surface area contributed by atoms with Gasteiger partial charge in [-0.1, -0.05) is 0 Å². The highest BCUT2D eigenvalue weighted by molar-refractivity contribution is 7.62. The average molecular weight is 177 g/mol. The molecular formula is C3H7Cl2O2P. The summed E-state index contributed by atoms with van der Waals surface area (Å²) in [5, 5.41) is 0. The molecule has 0 aromatic rings. The van der Waals surface area contributed by atoms with E-state index in [-0.39, 0.29) is 11.2 Å². The van der Waals surface area contributed by atoms with Crippen molar-refractivity contribution in [2.45, 2.75) is 0 Å². The summed E-state index contributed by atoms with van der Waals surface area (Å²) in [5.41, 5.74) is -0.0139. The molecule has 2 nitrogen and oxygen atoms in total. The molecule has 0 aromatic carbocycles. The molecule has 0 aliphatic carbocycles. The Morgan fingerprint density at radius 3 is 1.88 bits per heavy atom. The molecular weight excluding hydrogens is 170 g/mol. The molecule has 0 unspecified atom stereocenters. The first-order chi connectivity index (χ1) is 3.68. The van der Waals surface area contributed by atoms with Crippen molar-refractivity contribution in [1.82, 2.24) is 0 Å². The van der Waals surface area contributed by atoms with Crippen LogP contribution in [0.2, 0.25) is 0 Å². The fraction of sp³-hybridized carbons (Fsp3) is 1.00. The van der Waals surface area contributed by atoms with Crippen molar-refractivity contribution in [2.24, 2.45) is 0 Å². The Balaban J connectivity index is 3.79. The van der Waals surface area contributed by atoms with E-state index in [1.165, 1.54) is 7.11 Å². The molecule has 0 heterocycles. The molecule has 0 rings (SSSR count). The normalized spacial score (nSPS) is 11.9. The first-order valence-corrected chi connectivity index (χ1v) is 5.00. The summed E-state index contributed by atoms with van der Waals surface area (Å²) in [6.07, 6.45) is 0. The van der Waals surface area contributed by atoms with Gasteiger partial charge < -0.3 is 4.52 Å². The number of alkyl halides is 2. The van der Waals surface area contributed by atoms with Gasteiger partial charge in [0, 0.05) is 7.11 Å². The molecule has 0 N–H and O–H groups in total. The standard InChI is InChI=1S/C3H7Cl2O2P/c1-7-8(6,2-4)3-5/h2-3H2,1H3. The first kappa shape index (κ1) is 8.77. The van der Waals surface area contributed by atoms with Crippen LogP contribution in [0.3, 0.4) is 0 Å². The second-order valence-corrected chi connectivity index (χ2v) is 5.14. The highest BCUT2D eigenvalue weighted by Gasteiger charge is 2.17. The van der Waals surface area contributed by atoms with Crippen LogP contribution in [-0.2, 0) is 9.09 Å².